The highest BCUT2D eigenvalue weighted by Crippen LogP contribution is 2.20. The lowest BCUT2D eigenvalue weighted by Gasteiger charge is -2.09. The Balaban J connectivity index is 1.96. The monoisotopic (exact) mass is 303 g/mol. The maximum Gasteiger partial charge on any atom is 0.319 e. The molecule has 5 nitrogen and oxygen atoms in total. The number of benzene rings is 1. The van der Waals surface area contributed by atoms with E-state index >= 15 is 0 Å². The maximum absolute atomic E-state index is 11.8. The van der Waals surface area contributed by atoms with Crippen molar-refractivity contribution in [3.8, 4) is 0 Å². The molecule has 5 heteroatoms. The van der Waals surface area contributed by atoms with Crippen molar-refractivity contribution in [2.45, 2.75) is 26.8 Å². The minimum atomic E-state index is -0.154. The Morgan fingerprint density at radius 1 is 1.32 bits per heavy atom. The summed E-state index contributed by atoms with van der Waals surface area (Å²) in [7, 11) is 1.70. The molecule has 2 amide bonds. The molecule has 2 rings (SSSR count). The van der Waals surface area contributed by atoms with Crippen molar-refractivity contribution in [1.29, 1.82) is 0 Å². The molecule has 0 bridgehead atoms. The minimum Gasteiger partial charge on any atom is -0.383 e. The van der Waals surface area contributed by atoms with E-state index in [0.717, 1.165) is 29.6 Å². The van der Waals surface area contributed by atoms with Gasteiger partial charge in [0.1, 0.15) is 0 Å². The summed E-state index contributed by atoms with van der Waals surface area (Å²) in [5.41, 5.74) is 1.95. The lowest BCUT2D eigenvalue weighted by molar-refractivity contribution is 0.188. The number of carbonyl (C=O) groups excluding carboxylic acids is 1. The second kappa shape index (κ2) is 7.84. The zero-order valence-corrected chi connectivity index (χ0v) is 13.6. The molecule has 2 N–H and O–H groups in total. The number of anilines is 1. The molecule has 0 aliphatic rings. The van der Waals surface area contributed by atoms with Crippen LogP contribution in [-0.4, -0.2) is 30.9 Å². The van der Waals surface area contributed by atoms with E-state index < -0.39 is 0 Å². The first kappa shape index (κ1) is 16.4. The molecule has 1 aromatic heterocycles. The molecular weight excluding hydrogens is 278 g/mol. The molecule has 120 valence electrons. The van der Waals surface area contributed by atoms with E-state index in [0.29, 0.717) is 19.1 Å². The van der Waals surface area contributed by atoms with Crippen LogP contribution in [0, 0.1) is 5.92 Å². The summed E-state index contributed by atoms with van der Waals surface area (Å²) in [6, 6.07) is 7.83. The third kappa shape index (κ3) is 4.49. The second-order valence-corrected chi connectivity index (χ2v) is 5.84. The molecule has 0 atom stereocenters. The molecule has 0 radical (unpaired) electrons. The summed E-state index contributed by atoms with van der Waals surface area (Å²) in [6.45, 7) is 6.48. The van der Waals surface area contributed by atoms with E-state index in [9.17, 15) is 4.79 Å². The number of aromatic nitrogens is 1. The molecule has 22 heavy (non-hydrogen) atoms. The van der Waals surface area contributed by atoms with Gasteiger partial charge in [0.15, 0.2) is 0 Å². The quantitative estimate of drug-likeness (QED) is 0.823. The standard InChI is InChI=1S/C17H25N3O2/c1-13(2)6-8-18-17(21)19-15-4-5-16-14(12-15)7-9-20(16)10-11-22-3/h4-5,7,9,12-13H,6,8,10-11H2,1-3H3,(H2,18,19,21). The SMILES string of the molecule is COCCn1ccc2cc(NC(=O)NCCC(C)C)ccc21. The second-order valence-electron chi connectivity index (χ2n) is 5.84. The van der Waals surface area contributed by atoms with Gasteiger partial charge in [-0.2, -0.15) is 0 Å². The fourth-order valence-electron chi connectivity index (χ4n) is 2.31. The average molecular weight is 303 g/mol. The topological polar surface area (TPSA) is 55.3 Å². The first-order valence-corrected chi connectivity index (χ1v) is 7.73. The highest BCUT2D eigenvalue weighted by Gasteiger charge is 2.05. The Morgan fingerprint density at radius 3 is 2.86 bits per heavy atom. The predicted molar refractivity (Wildman–Crippen MR) is 90.3 cm³/mol. The van der Waals surface area contributed by atoms with E-state index in [1.165, 1.54) is 0 Å². The van der Waals surface area contributed by atoms with Crippen molar-refractivity contribution in [1.82, 2.24) is 9.88 Å². The number of hydrogen-bond acceptors (Lipinski definition) is 2. The van der Waals surface area contributed by atoms with E-state index in [4.69, 9.17) is 4.74 Å². The summed E-state index contributed by atoms with van der Waals surface area (Å²) in [4.78, 5) is 11.8. The maximum atomic E-state index is 11.8. The van der Waals surface area contributed by atoms with Gasteiger partial charge in [0, 0.05) is 43.0 Å². The first-order valence-electron chi connectivity index (χ1n) is 7.73. The van der Waals surface area contributed by atoms with Crippen molar-refractivity contribution in [3.63, 3.8) is 0 Å². The summed E-state index contributed by atoms with van der Waals surface area (Å²) in [6.07, 6.45) is 3.02. The molecule has 0 saturated heterocycles. The van der Waals surface area contributed by atoms with Crippen molar-refractivity contribution < 1.29 is 9.53 Å². The van der Waals surface area contributed by atoms with Gasteiger partial charge in [-0.1, -0.05) is 13.8 Å². The fraction of sp³-hybridized carbons (Fsp3) is 0.471. The molecule has 0 aliphatic heterocycles. The Morgan fingerprint density at radius 2 is 2.14 bits per heavy atom. The van der Waals surface area contributed by atoms with Gasteiger partial charge in [0.25, 0.3) is 0 Å². The van der Waals surface area contributed by atoms with Crippen molar-refractivity contribution in [3.05, 3.63) is 30.5 Å². The smallest absolute Gasteiger partial charge is 0.319 e. The van der Waals surface area contributed by atoms with Crippen LogP contribution in [0.2, 0.25) is 0 Å². The van der Waals surface area contributed by atoms with Crippen LogP contribution in [0.5, 0.6) is 0 Å². The average Bonchev–Trinajstić information content (AvgIpc) is 2.87. The molecule has 1 aromatic carbocycles. The Bertz CT molecular complexity index is 619. The molecule has 0 saturated carbocycles. The summed E-state index contributed by atoms with van der Waals surface area (Å²) < 4.78 is 7.25. The van der Waals surface area contributed by atoms with Crippen LogP contribution in [0.4, 0.5) is 10.5 Å². The normalized spacial score (nSPS) is 11.1. The van der Waals surface area contributed by atoms with E-state index in [1.807, 2.05) is 30.5 Å². The van der Waals surface area contributed by atoms with Gasteiger partial charge < -0.3 is 19.9 Å². The Kier molecular flexibility index (Phi) is 5.83. The molecule has 2 aromatic rings. The van der Waals surface area contributed by atoms with Crippen LogP contribution in [0.3, 0.4) is 0 Å². The third-order valence-corrected chi connectivity index (χ3v) is 3.57. The molecule has 0 spiro atoms. The zero-order chi connectivity index (χ0) is 15.9. The fourth-order valence-corrected chi connectivity index (χ4v) is 2.31. The third-order valence-electron chi connectivity index (χ3n) is 3.57. The lowest BCUT2D eigenvalue weighted by Crippen LogP contribution is -2.30. The number of ether oxygens (including phenoxy) is 1. The van der Waals surface area contributed by atoms with Gasteiger partial charge >= 0.3 is 6.03 Å². The number of hydrogen-bond donors (Lipinski definition) is 2. The number of methoxy groups -OCH3 is 1. The van der Waals surface area contributed by atoms with Crippen molar-refractivity contribution in [2.24, 2.45) is 5.92 Å². The van der Waals surface area contributed by atoms with E-state index in [-0.39, 0.29) is 6.03 Å². The number of nitrogens with zero attached hydrogens (tertiary/aromatic N) is 1. The van der Waals surface area contributed by atoms with Crippen LogP contribution in [0.15, 0.2) is 30.5 Å². The number of fused-ring (bicyclic) bond motifs is 1. The van der Waals surface area contributed by atoms with E-state index in [2.05, 4.69) is 29.0 Å². The summed E-state index contributed by atoms with van der Waals surface area (Å²) in [5.74, 6) is 0.587. The van der Waals surface area contributed by atoms with Crippen LogP contribution in [0.1, 0.15) is 20.3 Å². The number of carbonyl (C=O) groups is 1. The summed E-state index contributed by atoms with van der Waals surface area (Å²) in [5, 5.41) is 6.86. The Hall–Kier alpha value is -2.01. The van der Waals surface area contributed by atoms with Gasteiger partial charge in [-0.15, -0.1) is 0 Å². The number of rotatable bonds is 7. The van der Waals surface area contributed by atoms with Crippen LogP contribution >= 0.6 is 0 Å². The number of urea groups is 1. The number of amides is 2. The molecule has 1 heterocycles. The van der Waals surface area contributed by atoms with Crippen LogP contribution < -0.4 is 10.6 Å². The summed E-state index contributed by atoms with van der Waals surface area (Å²) >= 11 is 0. The van der Waals surface area contributed by atoms with E-state index in [1.54, 1.807) is 7.11 Å². The zero-order valence-electron chi connectivity index (χ0n) is 13.6. The van der Waals surface area contributed by atoms with Gasteiger partial charge in [-0.3, -0.25) is 0 Å². The molecule has 0 fully saturated rings. The Labute approximate surface area is 131 Å². The largest absolute Gasteiger partial charge is 0.383 e. The number of nitrogens with one attached hydrogen (secondary N) is 2. The highest BCUT2D eigenvalue weighted by molar-refractivity contribution is 5.92. The minimum absolute atomic E-state index is 0.154. The van der Waals surface area contributed by atoms with Gasteiger partial charge in [0.2, 0.25) is 0 Å². The van der Waals surface area contributed by atoms with Gasteiger partial charge in [-0.25, -0.2) is 4.79 Å². The van der Waals surface area contributed by atoms with Crippen LogP contribution in [0.25, 0.3) is 10.9 Å². The van der Waals surface area contributed by atoms with Crippen LogP contribution in [-0.2, 0) is 11.3 Å². The van der Waals surface area contributed by atoms with Gasteiger partial charge in [-0.05, 0) is 36.6 Å². The predicted octanol–water partition coefficient (Wildman–Crippen LogP) is 3.46. The van der Waals surface area contributed by atoms with Gasteiger partial charge in [0.05, 0.1) is 6.61 Å². The molecule has 0 unspecified atom stereocenters. The molecule has 0 aliphatic carbocycles. The highest BCUT2D eigenvalue weighted by atomic mass is 16.5. The molecular formula is C17H25N3O2. The lowest BCUT2D eigenvalue weighted by atomic mass is 10.1. The first-order chi connectivity index (χ1) is 10.6. The van der Waals surface area contributed by atoms with Crippen molar-refractivity contribution >= 4 is 22.6 Å². The van der Waals surface area contributed by atoms with Crippen molar-refractivity contribution in [2.75, 3.05) is 25.6 Å².